The van der Waals surface area contributed by atoms with Crippen LogP contribution in [0.15, 0.2) is 99.5 Å². The molecule has 1 aliphatic heterocycles. The van der Waals surface area contributed by atoms with Crippen molar-refractivity contribution in [2.24, 2.45) is 0 Å². The predicted octanol–water partition coefficient (Wildman–Crippen LogP) is 5.38. The molecular formula is C26H24N4O4S3. The Balaban J connectivity index is 1.57. The van der Waals surface area contributed by atoms with Crippen molar-refractivity contribution in [2.45, 2.75) is 22.1 Å². The summed E-state index contributed by atoms with van der Waals surface area (Å²) in [4.78, 5) is 7.54. The fourth-order valence-corrected chi connectivity index (χ4v) is 5.90. The topological polar surface area (TPSA) is 96.7 Å². The minimum Gasteiger partial charge on any atom is -0.495 e. The first-order chi connectivity index (χ1) is 17.8. The van der Waals surface area contributed by atoms with Gasteiger partial charge in [0.2, 0.25) is 10.0 Å². The Kier molecular flexibility index (Phi) is 7.09. The van der Waals surface area contributed by atoms with Crippen LogP contribution in [0.3, 0.4) is 0 Å². The van der Waals surface area contributed by atoms with E-state index in [9.17, 15) is 8.42 Å². The molecule has 0 unspecified atom stereocenters. The number of aromatic nitrogens is 1. The van der Waals surface area contributed by atoms with Gasteiger partial charge in [-0.25, -0.2) is 8.42 Å². The van der Waals surface area contributed by atoms with Crippen molar-refractivity contribution in [1.82, 2.24) is 10.3 Å². The van der Waals surface area contributed by atoms with E-state index in [2.05, 4.69) is 15.0 Å². The molecule has 0 aliphatic carbocycles. The number of furan rings is 1. The summed E-state index contributed by atoms with van der Waals surface area (Å²) in [7, 11) is -2.05. The lowest BCUT2D eigenvalue weighted by Gasteiger charge is -2.27. The number of pyridine rings is 1. The van der Waals surface area contributed by atoms with Crippen LogP contribution < -0.4 is 19.7 Å². The van der Waals surface area contributed by atoms with Gasteiger partial charge in [0.1, 0.15) is 17.6 Å². The predicted molar refractivity (Wildman–Crippen MR) is 149 cm³/mol. The Labute approximate surface area is 225 Å². The van der Waals surface area contributed by atoms with Crippen LogP contribution in [0.1, 0.15) is 23.5 Å². The zero-order chi connectivity index (χ0) is 26.0. The molecule has 1 fully saturated rings. The first kappa shape index (κ1) is 25.1. The summed E-state index contributed by atoms with van der Waals surface area (Å²) in [5, 5.41) is 4.59. The van der Waals surface area contributed by atoms with Crippen molar-refractivity contribution >= 4 is 50.5 Å². The summed E-state index contributed by atoms with van der Waals surface area (Å²) in [6.45, 7) is 0. The molecular weight excluding hydrogens is 529 g/mol. The normalized spacial score (nSPS) is 17.5. The third-order valence-corrected chi connectivity index (χ3v) is 7.54. The molecule has 0 spiro atoms. The minimum absolute atomic E-state index is 0.303. The van der Waals surface area contributed by atoms with Gasteiger partial charge in [-0.15, -0.1) is 0 Å². The fourth-order valence-electron chi connectivity index (χ4n) is 4.20. The maximum Gasteiger partial charge on any atom is 0.229 e. The van der Waals surface area contributed by atoms with Crippen LogP contribution in [-0.4, -0.2) is 31.9 Å². The zero-order valence-electron chi connectivity index (χ0n) is 20.0. The van der Waals surface area contributed by atoms with Gasteiger partial charge in [0, 0.05) is 16.8 Å². The van der Waals surface area contributed by atoms with Gasteiger partial charge in [0.05, 0.1) is 30.8 Å². The molecule has 0 saturated carbocycles. The van der Waals surface area contributed by atoms with Gasteiger partial charge in [-0.2, -0.15) is 0 Å². The smallest absolute Gasteiger partial charge is 0.229 e. The molecule has 2 aromatic carbocycles. The molecule has 3 heterocycles. The van der Waals surface area contributed by atoms with Gasteiger partial charge in [-0.3, -0.25) is 9.71 Å². The highest BCUT2D eigenvalue weighted by molar-refractivity contribution is 7.99. The average Bonchev–Trinajstić information content (AvgIpc) is 3.48. The first-order valence-corrected chi connectivity index (χ1v) is 14.4. The molecule has 5 rings (SSSR count). The number of hydrogen-bond donors (Lipinski definition) is 2. The highest BCUT2D eigenvalue weighted by Crippen LogP contribution is 2.44. The number of rotatable bonds is 8. The van der Waals surface area contributed by atoms with Gasteiger partial charge in [0.15, 0.2) is 10.2 Å². The standard InChI is InChI=1S/C26H24N4O4S3/c1-33-21-12-11-17(16-20(21)29-37(2,31)32)30-25(24(28-26(30)35)19-10-6-7-15-27-19)22-13-14-23(34-22)36-18-8-4-3-5-9-18/h3-16,24-25,29H,1-2H3,(H,28,35)/t24-,25+/m1/s1. The van der Waals surface area contributed by atoms with Gasteiger partial charge in [-0.05, 0) is 66.8 Å². The lowest BCUT2D eigenvalue weighted by Crippen LogP contribution is -2.29. The van der Waals surface area contributed by atoms with Gasteiger partial charge in [-0.1, -0.05) is 36.0 Å². The van der Waals surface area contributed by atoms with Crippen molar-refractivity contribution in [3.05, 3.63) is 96.5 Å². The number of thiocarbonyl (C=S) groups is 1. The second kappa shape index (κ2) is 10.4. The summed E-state index contributed by atoms with van der Waals surface area (Å²) in [5.41, 5.74) is 1.78. The van der Waals surface area contributed by atoms with E-state index in [4.69, 9.17) is 21.4 Å². The molecule has 0 radical (unpaired) electrons. The fraction of sp³-hybridized carbons (Fsp3) is 0.154. The molecule has 1 aliphatic rings. The summed E-state index contributed by atoms with van der Waals surface area (Å²) in [5.74, 6) is 1.08. The number of benzene rings is 2. The van der Waals surface area contributed by atoms with Crippen LogP contribution >= 0.6 is 24.0 Å². The van der Waals surface area contributed by atoms with E-state index >= 15 is 0 Å². The third-order valence-electron chi connectivity index (χ3n) is 5.71. The molecule has 37 heavy (non-hydrogen) atoms. The highest BCUT2D eigenvalue weighted by Gasteiger charge is 2.42. The lowest BCUT2D eigenvalue weighted by atomic mass is 10.0. The Bertz CT molecular complexity index is 1510. The number of nitrogens with zero attached hydrogens (tertiary/aromatic N) is 2. The van der Waals surface area contributed by atoms with Crippen LogP contribution in [0.25, 0.3) is 0 Å². The van der Waals surface area contributed by atoms with E-state index in [1.54, 1.807) is 18.3 Å². The quantitative estimate of drug-likeness (QED) is 0.279. The SMILES string of the molecule is COc1ccc(N2C(=S)N[C@H](c3ccccn3)[C@@H]2c2ccc(Sc3ccccc3)o2)cc1NS(C)(=O)=O. The van der Waals surface area contributed by atoms with Gasteiger partial charge >= 0.3 is 0 Å². The summed E-state index contributed by atoms with van der Waals surface area (Å²) in [6, 6.07) is 24.1. The maximum absolute atomic E-state index is 12.0. The average molecular weight is 553 g/mol. The van der Waals surface area contributed by atoms with Crippen LogP contribution in [0.5, 0.6) is 5.75 Å². The van der Waals surface area contributed by atoms with Crippen LogP contribution in [-0.2, 0) is 10.0 Å². The molecule has 1 saturated heterocycles. The van der Waals surface area contributed by atoms with E-state index in [0.29, 0.717) is 28.0 Å². The number of anilines is 2. The molecule has 190 valence electrons. The second-order valence-corrected chi connectivity index (χ2v) is 11.5. The summed E-state index contributed by atoms with van der Waals surface area (Å²) < 4.78 is 38.2. The van der Waals surface area contributed by atoms with Crippen LogP contribution in [0.2, 0.25) is 0 Å². The van der Waals surface area contributed by atoms with Crippen molar-refractivity contribution in [1.29, 1.82) is 0 Å². The van der Waals surface area contributed by atoms with Crippen LogP contribution in [0.4, 0.5) is 11.4 Å². The van der Waals surface area contributed by atoms with E-state index in [0.717, 1.165) is 21.9 Å². The molecule has 2 aromatic heterocycles. The summed E-state index contributed by atoms with van der Waals surface area (Å²) >= 11 is 7.30. The molecule has 11 heteroatoms. The molecule has 8 nitrogen and oxygen atoms in total. The van der Waals surface area contributed by atoms with E-state index in [1.165, 1.54) is 18.9 Å². The molecule has 4 aromatic rings. The third kappa shape index (κ3) is 5.58. The van der Waals surface area contributed by atoms with E-state index in [1.807, 2.05) is 71.6 Å². The number of sulfonamides is 1. The van der Waals surface area contributed by atoms with Crippen molar-refractivity contribution < 1.29 is 17.6 Å². The van der Waals surface area contributed by atoms with Crippen molar-refractivity contribution in [3.8, 4) is 5.75 Å². The Morgan fingerprint density at radius 1 is 1.08 bits per heavy atom. The molecule has 2 atom stereocenters. The van der Waals surface area contributed by atoms with Crippen molar-refractivity contribution in [3.63, 3.8) is 0 Å². The largest absolute Gasteiger partial charge is 0.495 e. The number of ether oxygens (including phenoxy) is 1. The van der Waals surface area contributed by atoms with Gasteiger partial charge in [0.25, 0.3) is 0 Å². The Hall–Kier alpha value is -3.54. The van der Waals surface area contributed by atoms with Crippen LogP contribution in [0, 0.1) is 0 Å². The second-order valence-electron chi connectivity index (χ2n) is 8.33. The monoisotopic (exact) mass is 552 g/mol. The molecule has 0 amide bonds. The molecule has 2 N–H and O–H groups in total. The maximum atomic E-state index is 12.0. The lowest BCUT2D eigenvalue weighted by molar-refractivity contribution is 0.383. The number of hydrogen-bond acceptors (Lipinski definition) is 7. The van der Waals surface area contributed by atoms with E-state index < -0.39 is 10.0 Å². The Morgan fingerprint density at radius 3 is 2.57 bits per heavy atom. The van der Waals surface area contributed by atoms with Gasteiger partial charge < -0.3 is 19.4 Å². The highest BCUT2D eigenvalue weighted by atomic mass is 32.2. The molecule has 0 bridgehead atoms. The first-order valence-electron chi connectivity index (χ1n) is 11.3. The zero-order valence-corrected chi connectivity index (χ0v) is 22.4. The van der Waals surface area contributed by atoms with Crippen molar-refractivity contribution in [2.75, 3.05) is 23.0 Å². The number of nitrogens with one attached hydrogen (secondary N) is 2. The number of methoxy groups -OCH3 is 1. The minimum atomic E-state index is -3.54. The summed E-state index contributed by atoms with van der Waals surface area (Å²) in [6.07, 6.45) is 2.83. The van der Waals surface area contributed by atoms with E-state index in [-0.39, 0.29) is 12.1 Å². The Morgan fingerprint density at radius 2 is 1.86 bits per heavy atom.